The van der Waals surface area contributed by atoms with Crippen LogP contribution in [-0.4, -0.2) is 14.5 Å². The molecule has 0 atom stereocenters. The molecule has 0 radical (unpaired) electrons. The first-order valence-electron chi connectivity index (χ1n) is 4.98. The van der Waals surface area contributed by atoms with Crippen molar-refractivity contribution in [2.45, 2.75) is 20.8 Å². The van der Waals surface area contributed by atoms with Crippen molar-refractivity contribution >= 4 is 5.82 Å². The number of imidazole rings is 1. The van der Waals surface area contributed by atoms with Crippen molar-refractivity contribution in [1.29, 1.82) is 0 Å². The minimum Gasteiger partial charge on any atom is -0.382 e. The van der Waals surface area contributed by atoms with Gasteiger partial charge in [0.1, 0.15) is 12.1 Å². The Balaban J connectivity index is 0.000000531. The maximum atomic E-state index is 5.51. The molecule has 0 saturated carbocycles. The fraction of sp³-hybridized carbons (Fsp3) is 0.273. The van der Waals surface area contributed by atoms with Crippen molar-refractivity contribution in [3.63, 3.8) is 0 Å². The summed E-state index contributed by atoms with van der Waals surface area (Å²) in [4.78, 5) is 8.05. The fourth-order valence-electron chi connectivity index (χ4n) is 1.17. The summed E-state index contributed by atoms with van der Waals surface area (Å²) in [5, 5.41) is 0. The first-order valence-corrected chi connectivity index (χ1v) is 4.98. The van der Waals surface area contributed by atoms with Gasteiger partial charge < -0.3 is 10.3 Å². The molecule has 0 aromatic carbocycles. The molecule has 15 heavy (non-hydrogen) atoms. The lowest BCUT2D eigenvalue weighted by atomic mass is 10.3. The van der Waals surface area contributed by atoms with Crippen LogP contribution >= 0.6 is 0 Å². The highest BCUT2D eigenvalue weighted by Crippen LogP contribution is 2.09. The first kappa shape index (κ1) is 11.2. The number of hydrogen-bond donors (Lipinski definition) is 1. The molecule has 2 aromatic rings. The van der Waals surface area contributed by atoms with Crippen LogP contribution in [0.15, 0.2) is 30.9 Å². The number of rotatable bonds is 1. The quantitative estimate of drug-likeness (QED) is 0.774. The molecule has 80 valence electrons. The van der Waals surface area contributed by atoms with E-state index >= 15 is 0 Å². The van der Waals surface area contributed by atoms with Gasteiger partial charge in [0.05, 0.1) is 6.20 Å². The molecular formula is C11H16N4. The summed E-state index contributed by atoms with van der Waals surface area (Å²) in [7, 11) is 0. The Morgan fingerprint density at radius 3 is 2.53 bits per heavy atom. The molecule has 2 N–H and O–H groups in total. The van der Waals surface area contributed by atoms with Crippen LogP contribution < -0.4 is 5.73 Å². The van der Waals surface area contributed by atoms with E-state index in [9.17, 15) is 0 Å². The van der Waals surface area contributed by atoms with Crippen LogP contribution in [0.4, 0.5) is 5.82 Å². The van der Waals surface area contributed by atoms with Gasteiger partial charge in [0.15, 0.2) is 0 Å². The summed E-state index contributed by atoms with van der Waals surface area (Å²) in [6.45, 7) is 5.95. The highest BCUT2D eigenvalue weighted by atomic mass is 15.1. The number of pyridine rings is 1. The third-order valence-corrected chi connectivity index (χ3v) is 1.78. The van der Waals surface area contributed by atoms with Gasteiger partial charge in [0.25, 0.3) is 0 Å². The summed E-state index contributed by atoms with van der Waals surface area (Å²) < 4.78 is 1.87. The van der Waals surface area contributed by atoms with Crippen LogP contribution in [0, 0.1) is 6.92 Å². The maximum absolute atomic E-state index is 5.51. The van der Waals surface area contributed by atoms with E-state index in [1.165, 1.54) is 0 Å². The molecule has 0 fully saturated rings. The Kier molecular flexibility index (Phi) is 3.85. The van der Waals surface area contributed by atoms with Gasteiger partial charge in [-0.1, -0.05) is 13.8 Å². The van der Waals surface area contributed by atoms with E-state index in [0.29, 0.717) is 5.82 Å². The molecule has 4 nitrogen and oxygen atoms in total. The molecule has 0 unspecified atom stereocenters. The number of hydrogen-bond acceptors (Lipinski definition) is 3. The van der Waals surface area contributed by atoms with E-state index in [0.717, 1.165) is 11.4 Å². The zero-order valence-electron chi connectivity index (χ0n) is 9.31. The van der Waals surface area contributed by atoms with Gasteiger partial charge >= 0.3 is 0 Å². The van der Waals surface area contributed by atoms with Crippen molar-refractivity contribution in [2.75, 3.05) is 5.73 Å². The average Bonchev–Trinajstić information content (AvgIpc) is 2.68. The highest BCUT2D eigenvalue weighted by molar-refractivity contribution is 5.36. The van der Waals surface area contributed by atoms with E-state index in [1.807, 2.05) is 37.5 Å². The zero-order chi connectivity index (χ0) is 11.3. The number of nitrogens with zero attached hydrogens (tertiary/aromatic N) is 3. The Hall–Kier alpha value is -1.84. The summed E-state index contributed by atoms with van der Waals surface area (Å²) in [5.74, 6) is 0.523. The minimum absolute atomic E-state index is 0.523. The summed E-state index contributed by atoms with van der Waals surface area (Å²) in [6, 6.07) is 3.88. The third-order valence-electron chi connectivity index (χ3n) is 1.78. The third kappa shape index (κ3) is 2.80. The van der Waals surface area contributed by atoms with Crippen molar-refractivity contribution in [3.8, 4) is 5.69 Å². The second kappa shape index (κ2) is 5.14. The van der Waals surface area contributed by atoms with Crippen LogP contribution in [0.5, 0.6) is 0 Å². The molecule has 0 spiro atoms. The van der Waals surface area contributed by atoms with Crippen molar-refractivity contribution in [1.82, 2.24) is 14.5 Å². The molecule has 0 aliphatic heterocycles. The number of nitrogens with two attached hydrogens (primary N) is 1. The van der Waals surface area contributed by atoms with E-state index < -0.39 is 0 Å². The van der Waals surface area contributed by atoms with Crippen molar-refractivity contribution in [2.24, 2.45) is 0 Å². The van der Waals surface area contributed by atoms with Gasteiger partial charge in [-0.15, -0.1) is 0 Å². The largest absolute Gasteiger partial charge is 0.382 e. The molecule has 0 aliphatic carbocycles. The Labute approximate surface area is 89.8 Å². The van der Waals surface area contributed by atoms with Gasteiger partial charge in [-0.2, -0.15) is 0 Å². The highest BCUT2D eigenvalue weighted by Gasteiger charge is 1.97. The van der Waals surface area contributed by atoms with Gasteiger partial charge in [0.2, 0.25) is 0 Å². The molecule has 2 aromatic heterocycles. The van der Waals surface area contributed by atoms with Crippen molar-refractivity contribution in [3.05, 3.63) is 36.5 Å². The SMILES string of the molecule is CC.Cc1cc(-n2cnc(N)c2)ccn1. The standard InChI is InChI=1S/C9H10N4.C2H6/c1-7-4-8(2-3-11-7)13-5-9(10)12-6-13;1-2/h2-6H,10H2,1H3;1-2H3. The smallest absolute Gasteiger partial charge is 0.141 e. The van der Waals surface area contributed by atoms with E-state index in [-0.39, 0.29) is 0 Å². The molecule has 0 bridgehead atoms. The van der Waals surface area contributed by atoms with Gasteiger partial charge in [-0.3, -0.25) is 4.98 Å². The predicted octanol–water partition coefficient (Wildman–Crippen LogP) is 2.18. The lowest BCUT2D eigenvalue weighted by molar-refractivity contribution is 1.03. The Morgan fingerprint density at radius 2 is 2.00 bits per heavy atom. The topological polar surface area (TPSA) is 56.7 Å². The summed E-state index contributed by atoms with van der Waals surface area (Å²) in [6.07, 6.45) is 5.22. The van der Waals surface area contributed by atoms with Gasteiger partial charge in [-0.05, 0) is 19.1 Å². The lowest BCUT2D eigenvalue weighted by Gasteiger charge is -2.00. The van der Waals surface area contributed by atoms with Crippen LogP contribution in [-0.2, 0) is 0 Å². The predicted molar refractivity (Wildman–Crippen MR) is 61.9 cm³/mol. The second-order valence-corrected chi connectivity index (χ2v) is 2.86. The van der Waals surface area contributed by atoms with Crippen molar-refractivity contribution < 1.29 is 0 Å². The van der Waals surface area contributed by atoms with Crippen LogP contribution in [0.1, 0.15) is 19.5 Å². The molecule has 2 rings (SSSR count). The maximum Gasteiger partial charge on any atom is 0.141 e. The minimum atomic E-state index is 0.523. The normalized spacial score (nSPS) is 9.27. The number of aryl methyl sites for hydroxylation is 1. The van der Waals surface area contributed by atoms with E-state index in [4.69, 9.17) is 5.73 Å². The summed E-state index contributed by atoms with van der Waals surface area (Å²) >= 11 is 0. The lowest BCUT2D eigenvalue weighted by Crippen LogP contribution is -1.91. The van der Waals surface area contributed by atoms with Crippen LogP contribution in [0.3, 0.4) is 0 Å². The van der Waals surface area contributed by atoms with E-state index in [1.54, 1.807) is 18.7 Å². The second-order valence-electron chi connectivity index (χ2n) is 2.86. The number of anilines is 1. The van der Waals surface area contributed by atoms with Crippen LogP contribution in [0.2, 0.25) is 0 Å². The molecular weight excluding hydrogens is 188 g/mol. The molecule has 0 amide bonds. The Morgan fingerprint density at radius 1 is 1.27 bits per heavy atom. The van der Waals surface area contributed by atoms with Crippen LogP contribution in [0.25, 0.3) is 5.69 Å². The average molecular weight is 204 g/mol. The molecule has 0 aliphatic rings. The molecule has 2 heterocycles. The monoisotopic (exact) mass is 204 g/mol. The molecule has 0 saturated heterocycles. The first-order chi connectivity index (χ1) is 7.25. The van der Waals surface area contributed by atoms with Gasteiger partial charge in [-0.25, -0.2) is 4.98 Å². The van der Waals surface area contributed by atoms with E-state index in [2.05, 4.69) is 9.97 Å². The van der Waals surface area contributed by atoms with Gasteiger partial charge in [0, 0.05) is 17.6 Å². The fourth-order valence-corrected chi connectivity index (χ4v) is 1.17. The number of aromatic nitrogens is 3. The Bertz CT molecular complexity index is 420. The molecule has 4 heteroatoms. The number of nitrogen functional groups attached to an aromatic ring is 1. The summed E-state index contributed by atoms with van der Waals surface area (Å²) in [5.41, 5.74) is 7.51. The zero-order valence-corrected chi connectivity index (χ0v) is 9.31.